The van der Waals surface area contributed by atoms with E-state index in [4.69, 9.17) is 15.2 Å². The summed E-state index contributed by atoms with van der Waals surface area (Å²) >= 11 is 0. The number of aliphatic hydroxyl groups excluding tert-OH is 1. The number of benzene rings is 1. The number of ether oxygens (including phenoxy) is 2. The van der Waals surface area contributed by atoms with Gasteiger partial charge in [0.1, 0.15) is 11.0 Å². The third-order valence-electron chi connectivity index (χ3n) is 7.05. The number of hydrogen-bond acceptors (Lipinski definition) is 9. The Morgan fingerprint density at radius 1 is 1.29 bits per heavy atom. The molecule has 1 aliphatic heterocycles. The van der Waals surface area contributed by atoms with Gasteiger partial charge in [-0.15, -0.1) is 0 Å². The molecule has 5 N–H and O–H groups in total. The molecule has 1 fully saturated rings. The number of nitrogen functional groups attached to an aromatic ring is 1. The molecule has 3 aromatic heterocycles. The van der Waals surface area contributed by atoms with Gasteiger partial charge in [-0.2, -0.15) is 4.98 Å². The first kappa shape index (κ1) is 26.1. The Labute approximate surface area is 222 Å². The van der Waals surface area contributed by atoms with E-state index in [1.807, 2.05) is 24.4 Å². The fraction of sp³-hybridized carbons (Fsp3) is 0.464. The molecule has 0 spiro atoms. The molecule has 10 nitrogen and oxygen atoms in total. The Hall–Kier alpha value is -3.47. The number of anilines is 2. The van der Waals surface area contributed by atoms with E-state index in [0.717, 1.165) is 71.9 Å². The van der Waals surface area contributed by atoms with E-state index in [2.05, 4.69) is 49.2 Å². The zero-order valence-electron chi connectivity index (χ0n) is 22.1. The minimum absolute atomic E-state index is 0.00183. The summed E-state index contributed by atoms with van der Waals surface area (Å²) in [6.45, 7) is 4.96. The van der Waals surface area contributed by atoms with Crippen molar-refractivity contribution in [3.63, 3.8) is 0 Å². The van der Waals surface area contributed by atoms with Crippen molar-refractivity contribution in [2.24, 2.45) is 0 Å². The van der Waals surface area contributed by atoms with Crippen LogP contribution in [0, 0.1) is 0 Å². The summed E-state index contributed by atoms with van der Waals surface area (Å²) < 4.78 is 13.6. The summed E-state index contributed by atoms with van der Waals surface area (Å²) in [4.78, 5) is 13.8. The van der Waals surface area contributed by atoms with Crippen molar-refractivity contribution >= 4 is 33.7 Å². The summed E-state index contributed by atoms with van der Waals surface area (Å²) in [7, 11) is 1.64. The highest BCUT2D eigenvalue weighted by molar-refractivity contribution is 6.09. The average Bonchev–Trinajstić information content (AvgIpc) is 3.55. The Bertz CT molecular complexity index is 1380. The maximum absolute atomic E-state index is 9.96. The quantitative estimate of drug-likeness (QED) is 0.222. The molecule has 1 saturated heterocycles. The van der Waals surface area contributed by atoms with Gasteiger partial charge in [0, 0.05) is 36.8 Å². The monoisotopic (exact) mass is 519 g/mol. The topological polar surface area (TPSA) is 132 Å². The molecule has 2 atom stereocenters. The largest absolute Gasteiger partial charge is 0.481 e. The Kier molecular flexibility index (Phi) is 8.21. The molecule has 1 aliphatic rings. The number of aromatic nitrogens is 4. The number of nitrogens with one attached hydrogen (secondary N) is 2. The van der Waals surface area contributed by atoms with Crippen molar-refractivity contribution in [2.75, 3.05) is 37.9 Å². The number of nitrogens with zero attached hydrogens (tertiary/aromatic N) is 4. The van der Waals surface area contributed by atoms with Crippen molar-refractivity contribution in [1.82, 2.24) is 24.8 Å². The van der Waals surface area contributed by atoms with Gasteiger partial charge in [-0.3, -0.25) is 0 Å². The SMILES string of the molecule is CCC[C@@H](CO)Nc1nc(N)nc2c3ccccc3n(Cc3cc(CNC[C@@H]4CCCO4)cnc3OC)c12. The van der Waals surface area contributed by atoms with Crippen LogP contribution in [-0.2, 0) is 17.8 Å². The summed E-state index contributed by atoms with van der Waals surface area (Å²) in [5.41, 5.74) is 10.8. The van der Waals surface area contributed by atoms with Crippen molar-refractivity contribution in [3.8, 4) is 5.88 Å². The number of fused-ring (bicyclic) bond motifs is 3. The van der Waals surface area contributed by atoms with E-state index in [-0.39, 0.29) is 24.7 Å². The molecule has 4 aromatic rings. The van der Waals surface area contributed by atoms with Crippen LogP contribution in [-0.4, -0.2) is 63.6 Å². The number of rotatable bonds is 12. The van der Waals surface area contributed by atoms with E-state index < -0.39 is 0 Å². The lowest BCUT2D eigenvalue weighted by Crippen LogP contribution is -2.26. The van der Waals surface area contributed by atoms with Gasteiger partial charge >= 0.3 is 0 Å². The molecule has 4 heterocycles. The molecule has 202 valence electrons. The molecule has 0 saturated carbocycles. The number of aliphatic hydroxyl groups is 1. The molecule has 0 amide bonds. The van der Waals surface area contributed by atoms with Crippen LogP contribution in [0.3, 0.4) is 0 Å². The van der Waals surface area contributed by atoms with Gasteiger partial charge in [-0.25, -0.2) is 9.97 Å². The number of para-hydroxylation sites is 1. The Morgan fingerprint density at radius 2 is 2.16 bits per heavy atom. The fourth-order valence-electron chi connectivity index (χ4n) is 5.26. The molecule has 1 aromatic carbocycles. The molecule has 0 aliphatic carbocycles. The van der Waals surface area contributed by atoms with E-state index in [1.165, 1.54) is 0 Å². The lowest BCUT2D eigenvalue weighted by atomic mass is 10.1. The van der Waals surface area contributed by atoms with Crippen molar-refractivity contribution < 1.29 is 14.6 Å². The average molecular weight is 520 g/mol. The number of methoxy groups -OCH3 is 1. The van der Waals surface area contributed by atoms with Crippen LogP contribution >= 0.6 is 0 Å². The predicted octanol–water partition coefficient (Wildman–Crippen LogP) is 3.46. The van der Waals surface area contributed by atoms with Crippen LogP contribution in [0.4, 0.5) is 11.8 Å². The third-order valence-corrected chi connectivity index (χ3v) is 7.05. The second-order valence-electron chi connectivity index (χ2n) is 9.82. The summed E-state index contributed by atoms with van der Waals surface area (Å²) in [5.74, 6) is 1.37. The number of nitrogens with two attached hydrogens (primary N) is 1. The number of pyridine rings is 1. The predicted molar refractivity (Wildman–Crippen MR) is 149 cm³/mol. The zero-order valence-corrected chi connectivity index (χ0v) is 22.1. The third kappa shape index (κ3) is 5.52. The van der Waals surface area contributed by atoms with Crippen LogP contribution in [0.15, 0.2) is 36.5 Å². The second-order valence-corrected chi connectivity index (χ2v) is 9.82. The summed E-state index contributed by atoms with van der Waals surface area (Å²) in [6.07, 6.45) is 6.10. The molecule has 0 bridgehead atoms. The van der Waals surface area contributed by atoms with Crippen molar-refractivity contribution in [1.29, 1.82) is 0 Å². The van der Waals surface area contributed by atoms with E-state index in [1.54, 1.807) is 7.11 Å². The smallest absolute Gasteiger partial charge is 0.222 e. The highest BCUT2D eigenvalue weighted by Crippen LogP contribution is 2.34. The first-order valence-electron chi connectivity index (χ1n) is 13.4. The first-order chi connectivity index (χ1) is 18.6. The minimum Gasteiger partial charge on any atom is -0.481 e. The van der Waals surface area contributed by atoms with Crippen LogP contribution in [0.5, 0.6) is 5.88 Å². The molecule has 0 unspecified atom stereocenters. The Balaban J connectivity index is 1.53. The van der Waals surface area contributed by atoms with Gasteiger partial charge < -0.3 is 35.5 Å². The highest BCUT2D eigenvalue weighted by Gasteiger charge is 2.21. The molecule has 0 radical (unpaired) electrons. The van der Waals surface area contributed by atoms with E-state index in [0.29, 0.717) is 24.8 Å². The van der Waals surface area contributed by atoms with Crippen LogP contribution in [0.2, 0.25) is 0 Å². The number of hydrogen-bond donors (Lipinski definition) is 4. The van der Waals surface area contributed by atoms with Crippen molar-refractivity contribution in [3.05, 3.63) is 47.7 Å². The van der Waals surface area contributed by atoms with Crippen molar-refractivity contribution in [2.45, 2.75) is 57.8 Å². The van der Waals surface area contributed by atoms with Crippen LogP contribution in [0.25, 0.3) is 21.9 Å². The normalized spacial score (nSPS) is 16.3. The maximum Gasteiger partial charge on any atom is 0.222 e. The van der Waals surface area contributed by atoms with Gasteiger partial charge in [0.05, 0.1) is 37.9 Å². The summed E-state index contributed by atoms with van der Waals surface area (Å²) in [5, 5.41) is 17.9. The molecule has 5 rings (SSSR count). The van der Waals surface area contributed by atoms with E-state index >= 15 is 0 Å². The Morgan fingerprint density at radius 3 is 2.92 bits per heavy atom. The van der Waals surface area contributed by atoms with Gasteiger partial charge in [-0.05, 0) is 37.0 Å². The van der Waals surface area contributed by atoms with Crippen LogP contribution < -0.4 is 21.1 Å². The van der Waals surface area contributed by atoms with Gasteiger partial charge in [0.25, 0.3) is 0 Å². The lowest BCUT2D eigenvalue weighted by molar-refractivity contribution is 0.110. The van der Waals surface area contributed by atoms with Crippen LogP contribution in [0.1, 0.15) is 43.7 Å². The molecule has 10 heteroatoms. The van der Waals surface area contributed by atoms with Gasteiger partial charge in [0.2, 0.25) is 11.8 Å². The highest BCUT2D eigenvalue weighted by atomic mass is 16.5. The lowest BCUT2D eigenvalue weighted by Gasteiger charge is -2.19. The van der Waals surface area contributed by atoms with Gasteiger partial charge in [0.15, 0.2) is 5.82 Å². The standard InChI is InChI=1S/C28H37N7O3/c1-3-7-20(17-36)32-26-25-24(33-28(29)34-26)22-9-4-5-10-23(22)35(25)16-19-12-18(14-31-27(19)37-2)13-30-15-21-8-6-11-38-21/h4-5,9-10,12,14,20-21,30,36H,3,6-8,11,13,15-17H2,1-2H3,(H3,29,32,33,34)/t20-,21-/m0/s1. The second kappa shape index (κ2) is 11.9. The minimum atomic E-state index is -0.140. The fourth-order valence-corrected chi connectivity index (χ4v) is 5.26. The maximum atomic E-state index is 9.96. The van der Waals surface area contributed by atoms with Gasteiger partial charge in [-0.1, -0.05) is 31.5 Å². The molecular weight excluding hydrogens is 482 g/mol. The van der Waals surface area contributed by atoms with E-state index in [9.17, 15) is 5.11 Å². The molecular formula is C28H37N7O3. The summed E-state index contributed by atoms with van der Waals surface area (Å²) in [6, 6.07) is 10.1. The first-order valence-corrected chi connectivity index (χ1v) is 13.4. The molecule has 38 heavy (non-hydrogen) atoms. The zero-order chi connectivity index (χ0) is 26.5.